The number of amides is 1. The maximum atomic E-state index is 12.6. The number of aromatic nitrogens is 4. The fraction of sp³-hybridized carbons (Fsp3) is 0.0588. The maximum Gasteiger partial charge on any atom is 0.274 e. The zero-order chi connectivity index (χ0) is 16.4. The number of fused-ring (bicyclic) bond motifs is 1. The Morgan fingerprint density at radius 3 is 2.83 bits per heavy atom. The van der Waals surface area contributed by atoms with Crippen molar-refractivity contribution in [2.45, 2.75) is 6.54 Å². The van der Waals surface area contributed by atoms with Gasteiger partial charge < -0.3 is 4.57 Å². The lowest BCUT2D eigenvalue weighted by molar-refractivity contribution is 0.101. The number of nitrogens with zero attached hydrogens (tertiary/aromatic N) is 4. The largest absolute Gasteiger partial charge is 0.339 e. The Morgan fingerprint density at radius 2 is 2.00 bits per heavy atom. The van der Waals surface area contributed by atoms with Crippen molar-refractivity contribution < 1.29 is 4.79 Å². The predicted octanol–water partition coefficient (Wildman–Crippen LogP) is 3.19. The first kappa shape index (κ1) is 14.5. The van der Waals surface area contributed by atoms with Gasteiger partial charge in [-0.1, -0.05) is 11.3 Å². The first-order valence-electron chi connectivity index (χ1n) is 7.36. The normalized spacial score (nSPS) is 10.8. The molecule has 118 valence electrons. The lowest BCUT2D eigenvalue weighted by Gasteiger charge is -2.08. The van der Waals surface area contributed by atoms with Crippen LogP contribution < -0.4 is 5.32 Å². The highest BCUT2D eigenvalue weighted by atomic mass is 32.1. The van der Waals surface area contributed by atoms with E-state index < -0.39 is 0 Å². The Hall–Kier alpha value is -3.06. The van der Waals surface area contributed by atoms with Gasteiger partial charge in [-0.2, -0.15) is 0 Å². The van der Waals surface area contributed by atoms with Crippen molar-refractivity contribution in [2.24, 2.45) is 0 Å². The summed E-state index contributed by atoms with van der Waals surface area (Å²) in [6.45, 7) is 0.611. The van der Waals surface area contributed by atoms with Gasteiger partial charge in [0.25, 0.3) is 5.91 Å². The summed E-state index contributed by atoms with van der Waals surface area (Å²) in [4.78, 5) is 26.0. The second-order valence-corrected chi connectivity index (χ2v) is 6.16. The Labute approximate surface area is 141 Å². The number of anilines is 1. The van der Waals surface area contributed by atoms with Gasteiger partial charge in [0.2, 0.25) is 0 Å². The van der Waals surface area contributed by atoms with E-state index in [1.165, 1.54) is 11.3 Å². The smallest absolute Gasteiger partial charge is 0.274 e. The Bertz CT molecular complexity index is 959. The van der Waals surface area contributed by atoms with Gasteiger partial charge in [-0.15, -0.1) is 0 Å². The van der Waals surface area contributed by atoms with E-state index in [1.54, 1.807) is 24.7 Å². The zero-order valence-electron chi connectivity index (χ0n) is 12.6. The van der Waals surface area contributed by atoms with Gasteiger partial charge in [0.05, 0.1) is 0 Å². The second kappa shape index (κ2) is 6.21. The Morgan fingerprint density at radius 1 is 1.12 bits per heavy atom. The number of hydrogen-bond acceptors (Lipinski definition) is 5. The number of thiazole rings is 1. The lowest BCUT2D eigenvalue weighted by Crippen LogP contribution is -2.17. The molecule has 0 atom stereocenters. The third kappa shape index (κ3) is 2.89. The van der Waals surface area contributed by atoms with Crippen LogP contribution in [0.5, 0.6) is 0 Å². The van der Waals surface area contributed by atoms with Gasteiger partial charge in [0.1, 0.15) is 16.0 Å². The summed E-state index contributed by atoms with van der Waals surface area (Å²) in [5.74, 6) is -0.187. The molecule has 4 rings (SSSR count). The van der Waals surface area contributed by atoms with Crippen LogP contribution in [-0.4, -0.2) is 25.4 Å². The molecule has 7 heteroatoms. The van der Waals surface area contributed by atoms with Crippen LogP contribution in [0.2, 0.25) is 0 Å². The first-order valence-corrected chi connectivity index (χ1v) is 8.18. The van der Waals surface area contributed by atoms with E-state index in [2.05, 4.69) is 20.3 Å². The minimum atomic E-state index is -0.187. The molecule has 4 aromatic rings. The molecule has 4 heterocycles. The average molecular weight is 335 g/mol. The monoisotopic (exact) mass is 335 g/mol. The minimum absolute atomic E-state index is 0.187. The SMILES string of the molecule is O=C(Nc1nc2cccnc2s1)c1cccn1Cc1ccncc1. The van der Waals surface area contributed by atoms with Crippen LogP contribution >= 0.6 is 11.3 Å². The molecule has 0 spiro atoms. The van der Waals surface area contributed by atoms with Crippen molar-refractivity contribution in [1.29, 1.82) is 0 Å². The molecule has 0 aliphatic heterocycles. The van der Waals surface area contributed by atoms with Crippen LogP contribution in [0, 0.1) is 0 Å². The van der Waals surface area contributed by atoms with Gasteiger partial charge in [-0.05, 0) is 42.0 Å². The zero-order valence-corrected chi connectivity index (χ0v) is 13.4. The fourth-order valence-corrected chi connectivity index (χ4v) is 3.23. The van der Waals surface area contributed by atoms with Crippen LogP contribution in [0.25, 0.3) is 10.3 Å². The quantitative estimate of drug-likeness (QED) is 0.622. The van der Waals surface area contributed by atoms with Crippen molar-refractivity contribution >= 4 is 32.7 Å². The highest BCUT2D eigenvalue weighted by molar-refractivity contribution is 7.21. The highest BCUT2D eigenvalue weighted by Crippen LogP contribution is 2.24. The van der Waals surface area contributed by atoms with Crippen LogP contribution in [0.3, 0.4) is 0 Å². The molecule has 0 saturated heterocycles. The van der Waals surface area contributed by atoms with E-state index in [4.69, 9.17) is 0 Å². The van der Waals surface area contributed by atoms with E-state index in [1.807, 2.05) is 41.1 Å². The fourth-order valence-electron chi connectivity index (χ4n) is 2.43. The minimum Gasteiger partial charge on any atom is -0.339 e. The summed E-state index contributed by atoms with van der Waals surface area (Å²) < 4.78 is 1.90. The molecule has 0 aliphatic carbocycles. The highest BCUT2D eigenvalue weighted by Gasteiger charge is 2.14. The molecular weight excluding hydrogens is 322 g/mol. The summed E-state index contributed by atoms with van der Waals surface area (Å²) in [6.07, 6.45) is 7.08. The molecule has 6 nitrogen and oxygen atoms in total. The van der Waals surface area contributed by atoms with E-state index in [0.29, 0.717) is 17.4 Å². The number of carbonyl (C=O) groups is 1. The van der Waals surface area contributed by atoms with Crippen molar-refractivity contribution in [1.82, 2.24) is 19.5 Å². The van der Waals surface area contributed by atoms with Crippen molar-refractivity contribution in [3.63, 3.8) is 0 Å². The van der Waals surface area contributed by atoms with Crippen LogP contribution in [0.1, 0.15) is 16.1 Å². The topological polar surface area (TPSA) is 72.7 Å². The van der Waals surface area contributed by atoms with Gasteiger partial charge in [0.15, 0.2) is 5.13 Å². The van der Waals surface area contributed by atoms with E-state index in [-0.39, 0.29) is 5.91 Å². The summed E-state index contributed by atoms with van der Waals surface area (Å²) in [7, 11) is 0. The van der Waals surface area contributed by atoms with E-state index in [9.17, 15) is 4.79 Å². The summed E-state index contributed by atoms with van der Waals surface area (Å²) in [5, 5.41) is 3.40. The standard InChI is InChI=1S/C17H13N5OS/c23-15(21-17-20-13-3-1-7-19-16(13)24-17)14-4-2-10-22(14)11-12-5-8-18-9-6-12/h1-10H,11H2,(H,20,21,23). The molecule has 0 saturated carbocycles. The van der Waals surface area contributed by atoms with Gasteiger partial charge in [0, 0.05) is 31.3 Å². The summed E-state index contributed by atoms with van der Waals surface area (Å²) >= 11 is 1.36. The molecule has 0 fully saturated rings. The number of rotatable bonds is 4. The number of pyridine rings is 2. The number of carbonyl (C=O) groups excluding carboxylic acids is 1. The van der Waals surface area contributed by atoms with Crippen molar-refractivity contribution in [3.05, 3.63) is 72.4 Å². The molecule has 0 aromatic carbocycles. The van der Waals surface area contributed by atoms with Crippen molar-refractivity contribution in [2.75, 3.05) is 5.32 Å². The summed E-state index contributed by atoms with van der Waals surface area (Å²) in [6, 6.07) is 11.2. The first-order chi connectivity index (χ1) is 11.8. The molecule has 0 radical (unpaired) electrons. The maximum absolute atomic E-state index is 12.6. The van der Waals surface area contributed by atoms with E-state index in [0.717, 1.165) is 15.9 Å². The molecule has 0 bridgehead atoms. The molecule has 1 N–H and O–H groups in total. The molecule has 1 amide bonds. The molecule has 0 aliphatic rings. The second-order valence-electron chi connectivity index (χ2n) is 5.18. The average Bonchev–Trinajstić information content (AvgIpc) is 3.21. The molecule has 4 aromatic heterocycles. The van der Waals surface area contributed by atoms with Crippen LogP contribution in [0.4, 0.5) is 5.13 Å². The van der Waals surface area contributed by atoms with Crippen LogP contribution in [0.15, 0.2) is 61.2 Å². The Balaban J connectivity index is 1.55. The van der Waals surface area contributed by atoms with E-state index >= 15 is 0 Å². The molecule has 24 heavy (non-hydrogen) atoms. The van der Waals surface area contributed by atoms with Gasteiger partial charge in [-0.3, -0.25) is 15.1 Å². The van der Waals surface area contributed by atoms with Crippen LogP contribution in [-0.2, 0) is 6.54 Å². The third-order valence-corrected chi connectivity index (χ3v) is 4.45. The van der Waals surface area contributed by atoms with Gasteiger partial charge >= 0.3 is 0 Å². The molecule has 0 unspecified atom stereocenters. The van der Waals surface area contributed by atoms with Crippen molar-refractivity contribution in [3.8, 4) is 0 Å². The predicted molar refractivity (Wildman–Crippen MR) is 93.1 cm³/mol. The lowest BCUT2D eigenvalue weighted by atomic mass is 10.2. The number of nitrogens with one attached hydrogen (secondary N) is 1. The molecular formula is C17H13N5OS. The Kier molecular flexibility index (Phi) is 3.76. The third-order valence-electron chi connectivity index (χ3n) is 3.55. The summed E-state index contributed by atoms with van der Waals surface area (Å²) in [5.41, 5.74) is 2.45. The number of hydrogen-bond donors (Lipinski definition) is 1. The van der Waals surface area contributed by atoms with Gasteiger partial charge in [-0.25, -0.2) is 9.97 Å².